The van der Waals surface area contributed by atoms with Gasteiger partial charge in [0.05, 0.1) is 9.92 Å². The molecule has 6 heteroatoms. The normalized spacial score (nSPS) is 34.3. The van der Waals surface area contributed by atoms with Crippen LogP contribution >= 0.6 is 11.6 Å². The van der Waals surface area contributed by atoms with Crippen LogP contribution in [0.15, 0.2) is 23.1 Å². The molecule has 3 saturated carbocycles. The highest BCUT2D eigenvalue weighted by Crippen LogP contribution is 2.58. The highest BCUT2D eigenvalue weighted by Gasteiger charge is 2.54. The zero-order chi connectivity index (χ0) is 17.1. The Morgan fingerprint density at radius 2 is 1.92 bits per heavy atom. The average molecular weight is 368 g/mol. The number of amides is 1. The number of rotatable bonds is 3. The Labute approximate surface area is 147 Å². The molecule has 0 aliphatic heterocycles. The standard InChI is InChI=1S/C18H22ClNO3S/c1-24(22,23)17-9-10(5-6-15(17)19)18(21)20-16-8-11-7-14(16)13-4-2-3-12(11)13/h5-6,9,11-14,16H,2-4,7-8H2,1H3,(H,20,21). The fourth-order valence-electron chi connectivity index (χ4n) is 5.41. The molecule has 0 spiro atoms. The maximum absolute atomic E-state index is 12.6. The van der Waals surface area contributed by atoms with Crippen LogP contribution in [0.3, 0.4) is 0 Å². The fraction of sp³-hybridized carbons (Fsp3) is 0.611. The lowest BCUT2D eigenvalue weighted by molar-refractivity contribution is 0.0901. The highest BCUT2D eigenvalue weighted by atomic mass is 35.5. The Balaban J connectivity index is 1.52. The van der Waals surface area contributed by atoms with E-state index in [1.807, 2.05) is 0 Å². The minimum atomic E-state index is -3.45. The van der Waals surface area contributed by atoms with Crippen LogP contribution in [-0.4, -0.2) is 26.6 Å². The summed E-state index contributed by atoms with van der Waals surface area (Å²) in [5, 5.41) is 3.32. The van der Waals surface area contributed by atoms with Crippen LogP contribution < -0.4 is 5.32 Å². The number of carbonyl (C=O) groups is 1. The molecule has 1 aromatic carbocycles. The minimum absolute atomic E-state index is 0.0145. The Hall–Kier alpha value is -1.07. The number of halogens is 1. The van der Waals surface area contributed by atoms with Gasteiger partial charge in [0.1, 0.15) is 0 Å². The molecule has 3 aliphatic rings. The van der Waals surface area contributed by atoms with E-state index in [9.17, 15) is 13.2 Å². The number of benzene rings is 1. The second-order valence-electron chi connectivity index (χ2n) is 7.65. The lowest BCUT2D eigenvalue weighted by atomic mass is 9.79. The fourth-order valence-corrected chi connectivity index (χ4v) is 6.72. The van der Waals surface area contributed by atoms with E-state index >= 15 is 0 Å². The summed E-state index contributed by atoms with van der Waals surface area (Å²) in [5.74, 6) is 2.85. The number of hydrogen-bond acceptors (Lipinski definition) is 3. The van der Waals surface area contributed by atoms with Gasteiger partial charge in [-0.2, -0.15) is 0 Å². The molecule has 4 nitrogen and oxygen atoms in total. The van der Waals surface area contributed by atoms with Crippen LogP contribution in [0.4, 0.5) is 0 Å². The lowest BCUT2D eigenvalue weighted by Gasteiger charge is -2.32. The topological polar surface area (TPSA) is 63.2 Å². The third-order valence-corrected chi connectivity index (χ3v) is 7.92. The van der Waals surface area contributed by atoms with Gasteiger partial charge in [-0.25, -0.2) is 8.42 Å². The minimum Gasteiger partial charge on any atom is -0.349 e. The van der Waals surface area contributed by atoms with E-state index in [0.717, 1.165) is 30.4 Å². The largest absolute Gasteiger partial charge is 0.349 e. The summed E-state index contributed by atoms with van der Waals surface area (Å²) < 4.78 is 23.6. The monoisotopic (exact) mass is 367 g/mol. The van der Waals surface area contributed by atoms with Crippen LogP contribution in [0.5, 0.6) is 0 Å². The SMILES string of the molecule is CS(=O)(=O)c1cc(C(=O)NC2CC3CC2C2CCCC32)ccc1Cl. The first-order valence-corrected chi connectivity index (χ1v) is 10.9. The van der Waals surface area contributed by atoms with E-state index in [-0.39, 0.29) is 21.9 Å². The van der Waals surface area contributed by atoms with Crippen molar-refractivity contribution in [1.82, 2.24) is 5.32 Å². The molecule has 1 aromatic rings. The maximum atomic E-state index is 12.6. The molecule has 5 atom stereocenters. The third kappa shape index (κ3) is 2.66. The summed E-state index contributed by atoms with van der Waals surface area (Å²) in [7, 11) is -3.45. The Morgan fingerprint density at radius 3 is 2.67 bits per heavy atom. The van der Waals surface area contributed by atoms with Gasteiger partial charge in [-0.05, 0) is 67.6 Å². The van der Waals surface area contributed by atoms with Crippen molar-refractivity contribution < 1.29 is 13.2 Å². The Morgan fingerprint density at radius 1 is 1.17 bits per heavy atom. The number of sulfone groups is 1. The molecular formula is C18H22ClNO3S. The first-order valence-electron chi connectivity index (χ1n) is 8.65. The van der Waals surface area contributed by atoms with Gasteiger partial charge < -0.3 is 5.32 Å². The summed E-state index contributed by atoms with van der Waals surface area (Å²) in [4.78, 5) is 12.6. The average Bonchev–Trinajstić information content (AvgIpc) is 3.18. The number of fused-ring (bicyclic) bond motifs is 5. The van der Waals surface area contributed by atoms with Gasteiger partial charge in [0.25, 0.3) is 5.91 Å². The molecule has 130 valence electrons. The van der Waals surface area contributed by atoms with E-state index in [0.29, 0.717) is 11.5 Å². The summed E-state index contributed by atoms with van der Waals surface area (Å²) in [6.45, 7) is 0. The predicted octanol–water partition coefficient (Wildman–Crippen LogP) is 3.30. The van der Waals surface area contributed by atoms with Crippen molar-refractivity contribution in [2.75, 3.05) is 6.26 Å². The molecule has 4 rings (SSSR count). The van der Waals surface area contributed by atoms with Gasteiger partial charge in [-0.15, -0.1) is 0 Å². The van der Waals surface area contributed by atoms with Crippen LogP contribution in [-0.2, 0) is 9.84 Å². The summed E-state index contributed by atoms with van der Waals surface area (Å²) in [6.07, 6.45) is 7.42. The second-order valence-corrected chi connectivity index (χ2v) is 10.0. The summed E-state index contributed by atoms with van der Waals surface area (Å²) in [5.41, 5.74) is 0.366. The van der Waals surface area contributed by atoms with Gasteiger partial charge in [-0.3, -0.25) is 4.79 Å². The third-order valence-electron chi connectivity index (χ3n) is 6.34. The van der Waals surface area contributed by atoms with Gasteiger partial charge in [-0.1, -0.05) is 18.0 Å². The second kappa shape index (κ2) is 5.73. The predicted molar refractivity (Wildman–Crippen MR) is 92.9 cm³/mol. The van der Waals surface area contributed by atoms with E-state index in [2.05, 4.69) is 5.32 Å². The number of carbonyl (C=O) groups excluding carboxylic acids is 1. The Kier molecular flexibility index (Phi) is 3.92. The zero-order valence-corrected chi connectivity index (χ0v) is 15.2. The maximum Gasteiger partial charge on any atom is 0.251 e. The van der Waals surface area contributed by atoms with Crippen LogP contribution in [0, 0.1) is 23.7 Å². The van der Waals surface area contributed by atoms with Crippen molar-refractivity contribution in [3.63, 3.8) is 0 Å². The van der Waals surface area contributed by atoms with Crippen molar-refractivity contribution in [2.45, 2.75) is 43.0 Å². The van der Waals surface area contributed by atoms with E-state index in [1.54, 1.807) is 6.07 Å². The smallest absolute Gasteiger partial charge is 0.251 e. The number of nitrogens with one attached hydrogen (secondary N) is 1. The van der Waals surface area contributed by atoms with E-state index in [1.165, 1.54) is 37.8 Å². The zero-order valence-electron chi connectivity index (χ0n) is 13.7. The molecule has 0 aromatic heterocycles. The lowest BCUT2D eigenvalue weighted by Crippen LogP contribution is -2.42. The van der Waals surface area contributed by atoms with Crippen molar-refractivity contribution in [1.29, 1.82) is 0 Å². The first-order chi connectivity index (χ1) is 11.3. The molecule has 24 heavy (non-hydrogen) atoms. The molecule has 3 aliphatic carbocycles. The van der Waals surface area contributed by atoms with Crippen LogP contribution in [0.2, 0.25) is 5.02 Å². The van der Waals surface area contributed by atoms with Crippen LogP contribution in [0.25, 0.3) is 0 Å². The molecule has 5 unspecified atom stereocenters. The molecule has 3 fully saturated rings. The van der Waals surface area contributed by atoms with Crippen molar-refractivity contribution in [3.05, 3.63) is 28.8 Å². The molecule has 0 radical (unpaired) electrons. The first kappa shape index (κ1) is 16.4. The van der Waals surface area contributed by atoms with Gasteiger partial charge in [0.15, 0.2) is 9.84 Å². The molecular weight excluding hydrogens is 346 g/mol. The van der Waals surface area contributed by atoms with E-state index < -0.39 is 9.84 Å². The summed E-state index contributed by atoms with van der Waals surface area (Å²) >= 11 is 5.96. The summed E-state index contributed by atoms with van der Waals surface area (Å²) in [6, 6.07) is 4.70. The van der Waals surface area contributed by atoms with Gasteiger partial charge in [0.2, 0.25) is 0 Å². The van der Waals surface area contributed by atoms with Crippen molar-refractivity contribution >= 4 is 27.3 Å². The van der Waals surface area contributed by atoms with Crippen molar-refractivity contribution in [2.24, 2.45) is 23.7 Å². The molecule has 0 saturated heterocycles. The highest BCUT2D eigenvalue weighted by molar-refractivity contribution is 7.90. The van der Waals surface area contributed by atoms with E-state index in [4.69, 9.17) is 11.6 Å². The molecule has 1 amide bonds. The van der Waals surface area contributed by atoms with Gasteiger partial charge >= 0.3 is 0 Å². The Bertz CT molecular complexity index is 791. The number of hydrogen-bond donors (Lipinski definition) is 1. The van der Waals surface area contributed by atoms with Crippen LogP contribution in [0.1, 0.15) is 42.5 Å². The van der Waals surface area contributed by atoms with Crippen molar-refractivity contribution in [3.8, 4) is 0 Å². The molecule has 0 heterocycles. The molecule has 1 N–H and O–H groups in total. The van der Waals surface area contributed by atoms with Gasteiger partial charge in [0, 0.05) is 17.9 Å². The molecule has 2 bridgehead atoms. The quantitative estimate of drug-likeness (QED) is 0.891.